The van der Waals surface area contributed by atoms with Crippen molar-refractivity contribution in [2.45, 2.75) is 0 Å². The molecule has 2 rings (SSSR count). The quantitative estimate of drug-likeness (QED) is 0.499. The minimum atomic E-state index is 0.921. The van der Waals surface area contributed by atoms with Crippen LogP contribution < -0.4 is 0 Å². The summed E-state index contributed by atoms with van der Waals surface area (Å²) in [5.41, 5.74) is 1.92. The van der Waals surface area contributed by atoms with Gasteiger partial charge < -0.3 is 0 Å². The first-order valence-corrected chi connectivity index (χ1v) is 5.09. The molecule has 0 heterocycles. The van der Waals surface area contributed by atoms with Crippen LogP contribution in [0.25, 0.3) is 0 Å². The third-order valence-corrected chi connectivity index (χ3v) is 2.02. The number of hydrogen-bond acceptors (Lipinski definition) is 1. The Balaban J connectivity index is 2.03. The van der Waals surface area contributed by atoms with Gasteiger partial charge in [0.05, 0.1) is 11.9 Å². The number of aliphatic imine (C=N–C) groups is 1. The molecule has 0 fully saturated rings. The van der Waals surface area contributed by atoms with Crippen LogP contribution in [0, 0.1) is 11.8 Å². The first-order valence-electron chi connectivity index (χ1n) is 5.09. The van der Waals surface area contributed by atoms with E-state index < -0.39 is 0 Å². The van der Waals surface area contributed by atoms with Gasteiger partial charge in [-0.1, -0.05) is 42.3 Å². The van der Waals surface area contributed by atoms with Crippen LogP contribution >= 0.6 is 0 Å². The molecule has 0 saturated heterocycles. The highest BCUT2D eigenvalue weighted by Crippen LogP contribution is 2.07. The van der Waals surface area contributed by atoms with E-state index in [0.29, 0.717) is 0 Å². The molecular weight excluding hydrogens is 194 g/mol. The maximum Gasteiger partial charge on any atom is 0.0777 e. The van der Waals surface area contributed by atoms with E-state index in [1.807, 2.05) is 60.7 Å². The highest BCUT2D eigenvalue weighted by atomic mass is 14.7. The van der Waals surface area contributed by atoms with E-state index >= 15 is 0 Å². The second-order valence-electron chi connectivity index (χ2n) is 3.23. The van der Waals surface area contributed by atoms with Crippen LogP contribution in [0.4, 0.5) is 5.69 Å². The third-order valence-electron chi connectivity index (χ3n) is 2.02. The summed E-state index contributed by atoms with van der Waals surface area (Å²) in [4.78, 5) is 4.22. The van der Waals surface area contributed by atoms with Crippen molar-refractivity contribution in [3.05, 3.63) is 66.2 Å². The van der Waals surface area contributed by atoms with Crippen molar-refractivity contribution < 1.29 is 0 Å². The van der Waals surface area contributed by atoms with Crippen LogP contribution in [0.5, 0.6) is 0 Å². The smallest absolute Gasteiger partial charge is 0.0777 e. The van der Waals surface area contributed by atoms with Gasteiger partial charge in [-0.2, -0.15) is 0 Å². The van der Waals surface area contributed by atoms with Crippen molar-refractivity contribution in [3.63, 3.8) is 0 Å². The molecule has 0 unspecified atom stereocenters. The predicted molar refractivity (Wildman–Crippen MR) is 67.9 cm³/mol. The molecule has 76 valence electrons. The molecule has 16 heavy (non-hydrogen) atoms. The Labute approximate surface area is 95.5 Å². The van der Waals surface area contributed by atoms with Crippen LogP contribution in [-0.4, -0.2) is 6.21 Å². The first-order chi connectivity index (χ1) is 7.95. The van der Waals surface area contributed by atoms with Crippen molar-refractivity contribution >= 4 is 11.9 Å². The Morgan fingerprint density at radius 2 is 1.44 bits per heavy atom. The number of rotatable bonds is 1. The summed E-state index contributed by atoms with van der Waals surface area (Å²) in [5.74, 6) is 5.92. The molecule has 1 nitrogen and oxygen atoms in total. The van der Waals surface area contributed by atoms with Gasteiger partial charge >= 0.3 is 0 Å². The summed E-state index contributed by atoms with van der Waals surface area (Å²) in [7, 11) is 0. The van der Waals surface area contributed by atoms with Crippen molar-refractivity contribution in [1.29, 1.82) is 0 Å². The summed E-state index contributed by atoms with van der Waals surface area (Å²) in [6.07, 6.45) is 1.63. The highest BCUT2D eigenvalue weighted by molar-refractivity contribution is 5.81. The Morgan fingerprint density at radius 1 is 0.812 bits per heavy atom. The standard InChI is InChI=1S/C15H11N/c1-3-8-14(9-4-1)10-7-13-16-15-11-5-2-6-12-15/h1-6,8-9,11-13H. The van der Waals surface area contributed by atoms with Gasteiger partial charge in [-0.15, -0.1) is 0 Å². The summed E-state index contributed by atoms with van der Waals surface area (Å²) in [5, 5.41) is 0. The van der Waals surface area contributed by atoms with Gasteiger partial charge in [0.15, 0.2) is 0 Å². The largest absolute Gasteiger partial charge is 0.248 e. The van der Waals surface area contributed by atoms with Crippen LogP contribution in [0.3, 0.4) is 0 Å². The maximum absolute atomic E-state index is 4.22. The minimum absolute atomic E-state index is 0.921. The van der Waals surface area contributed by atoms with E-state index in [0.717, 1.165) is 11.3 Å². The maximum atomic E-state index is 4.22. The van der Waals surface area contributed by atoms with Crippen molar-refractivity contribution in [2.24, 2.45) is 4.99 Å². The highest BCUT2D eigenvalue weighted by Gasteiger charge is 1.81. The van der Waals surface area contributed by atoms with Gasteiger partial charge in [-0.3, -0.25) is 0 Å². The average molecular weight is 205 g/mol. The summed E-state index contributed by atoms with van der Waals surface area (Å²) < 4.78 is 0. The Bertz CT molecular complexity index is 516. The monoisotopic (exact) mass is 205 g/mol. The van der Waals surface area contributed by atoms with Gasteiger partial charge in [0.1, 0.15) is 0 Å². The molecule has 0 atom stereocenters. The molecule has 0 spiro atoms. The van der Waals surface area contributed by atoms with Crippen molar-refractivity contribution in [2.75, 3.05) is 0 Å². The number of nitrogens with zero attached hydrogens (tertiary/aromatic N) is 1. The topological polar surface area (TPSA) is 12.4 Å². The number of hydrogen-bond donors (Lipinski definition) is 0. The van der Waals surface area contributed by atoms with Crippen molar-refractivity contribution in [3.8, 4) is 11.8 Å². The molecule has 0 radical (unpaired) electrons. The summed E-state index contributed by atoms with van der Waals surface area (Å²) in [6, 6.07) is 19.6. The van der Waals surface area contributed by atoms with E-state index in [2.05, 4.69) is 16.8 Å². The molecular formula is C15H11N. The molecule has 0 bridgehead atoms. The van der Waals surface area contributed by atoms with E-state index in [9.17, 15) is 0 Å². The lowest BCUT2D eigenvalue weighted by atomic mass is 10.2. The van der Waals surface area contributed by atoms with Crippen LogP contribution in [0.1, 0.15) is 5.56 Å². The molecule has 2 aromatic rings. The minimum Gasteiger partial charge on any atom is -0.248 e. The molecule has 0 amide bonds. The first kappa shape index (κ1) is 10.2. The zero-order valence-electron chi connectivity index (χ0n) is 8.80. The zero-order chi connectivity index (χ0) is 11.1. The second-order valence-corrected chi connectivity index (χ2v) is 3.23. The molecule has 0 saturated carbocycles. The Morgan fingerprint density at radius 3 is 2.12 bits per heavy atom. The van der Waals surface area contributed by atoms with Crippen LogP contribution in [0.15, 0.2) is 65.7 Å². The van der Waals surface area contributed by atoms with Gasteiger partial charge in [0, 0.05) is 5.56 Å². The normalized spacial score (nSPS) is 9.75. The number of benzene rings is 2. The molecule has 0 aliphatic carbocycles. The SMILES string of the molecule is C(#Cc1ccccc1)C=Nc1ccccc1. The van der Waals surface area contributed by atoms with E-state index in [-0.39, 0.29) is 0 Å². The van der Waals surface area contributed by atoms with Gasteiger partial charge in [0.2, 0.25) is 0 Å². The van der Waals surface area contributed by atoms with Crippen LogP contribution in [-0.2, 0) is 0 Å². The van der Waals surface area contributed by atoms with Gasteiger partial charge in [0.25, 0.3) is 0 Å². The van der Waals surface area contributed by atoms with Gasteiger partial charge in [-0.05, 0) is 30.2 Å². The van der Waals surface area contributed by atoms with Gasteiger partial charge in [-0.25, -0.2) is 4.99 Å². The lowest BCUT2D eigenvalue weighted by Crippen LogP contribution is -1.71. The zero-order valence-corrected chi connectivity index (χ0v) is 8.80. The lowest BCUT2D eigenvalue weighted by Gasteiger charge is -1.87. The Hall–Kier alpha value is -2.33. The fourth-order valence-corrected chi connectivity index (χ4v) is 1.26. The van der Waals surface area contributed by atoms with Crippen molar-refractivity contribution in [1.82, 2.24) is 0 Å². The number of para-hydroxylation sites is 1. The lowest BCUT2D eigenvalue weighted by molar-refractivity contribution is 1.54. The summed E-state index contributed by atoms with van der Waals surface area (Å²) >= 11 is 0. The fourth-order valence-electron chi connectivity index (χ4n) is 1.26. The average Bonchev–Trinajstić information content (AvgIpc) is 2.37. The summed E-state index contributed by atoms with van der Waals surface area (Å²) in [6.45, 7) is 0. The molecule has 2 aromatic carbocycles. The molecule has 0 aliphatic heterocycles. The van der Waals surface area contributed by atoms with E-state index in [1.54, 1.807) is 6.21 Å². The molecule has 0 aromatic heterocycles. The van der Waals surface area contributed by atoms with E-state index in [4.69, 9.17) is 0 Å². The van der Waals surface area contributed by atoms with Crippen LogP contribution in [0.2, 0.25) is 0 Å². The third kappa shape index (κ3) is 3.11. The predicted octanol–water partition coefficient (Wildman–Crippen LogP) is 3.44. The van der Waals surface area contributed by atoms with E-state index in [1.165, 1.54) is 0 Å². The molecule has 1 heteroatoms. The fraction of sp³-hybridized carbons (Fsp3) is 0. The molecule has 0 N–H and O–H groups in total. The molecule has 0 aliphatic rings. The second kappa shape index (κ2) is 5.53. The Kier molecular flexibility index (Phi) is 3.52.